The lowest BCUT2D eigenvalue weighted by molar-refractivity contribution is -0.116. The van der Waals surface area contributed by atoms with E-state index in [0.717, 1.165) is 0 Å². The van der Waals surface area contributed by atoms with Crippen molar-refractivity contribution in [2.24, 2.45) is 0 Å². The Balaban J connectivity index is 2.83. The highest BCUT2D eigenvalue weighted by Crippen LogP contribution is 2.12. The Bertz CT molecular complexity index is 334. The maximum absolute atomic E-state index is 13.3. The molecule has 3 heteroatoms. The van der Waals surface area contributed by atoms with Crippen LogP contribution in [0.4, 0.5) is 4.39 Å². The lowest BCUT2D eigenvalue weighted by atomic mass is 10.1. The van der Waals surface area contributed by atoms with E-state index in [2.05, 4.69) is 0 Å². The van der Waals surface area contributed by atoms with Gasteiger partial charge in [-0.2, -0.15) is 0 Å². The zero-order valence-electron chi connectivity index (χ0n) is 8.34. The molecular weight excluding hydrogens is 183 g/mol. The standard InChI is InChI=1S/C11H13FO2/c1-8(13)5-9-3-4-10(7-14-2)11(12)6-9/h3-4,6H,5,7H2,1-2H3. The van der Waals surface area contributed by atoms with Gasteiger partial charge < -0.3 is 4.74 Å². The molecule has 2 nitrogen and oxygen atoms in total. The first kappa shape index (κ1) is 10.9. The highest BCUT2D eigenvalue weighted by atomic mass is 19.1. The van der Waals surface area contributed by atoms with Crippen LogP contribution in [0.5, 0.6) is 0 Å². The second-order valence-corrected chi connectivity index (χ2v) is 3.24. The highest BCUT2D eigenvalue weighted by molar-refractivity contribution is 5.78. The monoisotopic (exact) mass is 196 g/mol. The molecule has 0 aliphatic heterocycles. The zero-order chi connectivity index (χ0) is 10.6. The van der Waals surface area contributed by atoms with Crippen molar-refractivity contribution in [3.8, 4) is 0 Å². The molecular formula is C11H13FO2. The molecule has 0 atom stereocenters. The second-order valence-electron chi connectivity index (χ2n) is 3.24. The summed E-state index contributed by atoms with van der Waals surface area (Å²) in [5.41, 5.74) is 1.22. The number of ether oxygens (including phenoxy) is 1. The fraction of sp³-hybridized carbons (Fsp3) is 0.364. The number of Topliss-reactive ketones (excluding diaryl/α,β-unsaturated/α-hetero) is 1. The lowest BCUT2D eigenvalue weighted by Gasteiger charge is -2.03. The van der Waals surface area contributed by atoms with Crippen LogP contribution in [-0.4, -0.2) is 12.9 Å². The van der Waals surface area contributed by atoms with Crippen molar-refractivity contribution in [1.29, 1.82) is 0 Å². The molecule has 1 rings (SSSR count). The van der Waals surface area contributed by atoms with Crippen LogP contribution >= 0.6 is 0 Å². The number of hydrogen-bond donors (Lipinski definition) is 0. The van der Waals surface area contributed by atoms with Gasteiger partial charge in [-0.1, -0.05) is 12.1 Å². The summed E-state index contributed by atoms with van der Waals surface area (Å²) in [5.74, 6) is -0.283. The van der Waals surface area contributed by atoms with Crippen molar-refractivity contribution in [3.05, 3.63) is 35.1 Å². The maximum Gasteiger partial charge on any atom is 0.134 e. The smallest absolute Gasteiger partial charge is 0.134 e. The van der Waals surface area contributed by atoms with Gasteiger partial charge in [-0.3, -0.25) is 4.79 Å². The quantitative estimate of drug-likeness (QED) is 0.737. The van der Waals surface area contributed by atoms with Crippen LogP contribution in [0.2, 0.25) is 0 Å². The molecule has 0 radical (unpaired) electrons. The third-order valence-corrected chi connectivity index (χ3v) is 1.87. The van der Waals surface area contributed by atoms with Gasteiger partial charge in [0.2, 0.25) is 0 Å². The highest BCUT2D eigenvalue weighted by Gasteiger charge is 2.04. The Kier molecular flexibility index (Phi) is 3.77. The number of carbonyl (C=O) groups excluding carboxylic acids is 1. The summed E-state index contributed by atoms with van der Waals surface area (Å²) in [5, 5.41) is 0. The van der Waals surface area contributed by atoms with E-state index in [-0.39, 0.29) is 24.6 Å². The number of rotatable bonds is 4. The molecule has 0 aliphatic rings. The van der Waals surface area contributed by atoms with Gasteiger partial charge in [-0.05, 0) is 18.6 Å². The zero-order valence-corrected chi connectivity index (χ0v) is 8.34. The molecule has 0 amide bonds. The molecule has 14 heavy (non-hydrogen) atoms. The Hall–Kier alpha value is -1.22. The fourth-order valence-corrected chi connectivity index (χ4v) is 1.26. The minimum atomic E-state index is -0.314. The molecule has 0 saturated heterocycles. The molecule has 0 bridgehead atoms. The number of hydrogen-bond acceptors (Lipinski definition) is 2. The lowest BCUT2D eigenvalue weighted by Crippen LogP contribution is -1.99. The van der Waals surface area contributed by atoms with E-state index < -0.39 is 0 Å². The number of carbonyl (C=O) groups is 1. The van der Waals surface area contributed by atoms with E-state index in [9.17, 15) is 9.18 Å². The summed E-state index contributed by atoms with van der Waals surface area (Å²) in [6, 6.07) is 4.78. The van der Waals surface area contributed by atoms with Crippen molar-refractivity contribution >= 4 is 5.78 Å². The minimum Gasteiger partial charge on any atom is -0.380 e. The van der Waals surface area contributed by atoms with Gasteiger partial charge in [0.15, 0.2) is 0 Å². The first-order valence-corrected chi connectivity index (χ1v) is 4.39. The van der Waals surface area contributed by atoms with Gasteiger partial charge in [0.1, 0.15) is 11.6 Å². The average Bonchev–Trinajstić information content (AvgIpc) is 2.09. The number of methoxy groups -OCH3 is 1. The van der Waals surface area contributed by atoms with Crippen molar-refractivity contribution in [2.45, 2.75) is 20.0 Å². The SMILES string of the molecule is COCc1ccc(CC(C)=O)cc1F. The van der Waals surface area contributed by atoms with Crippen LogP contribution < -0.4 is 0 Å². The molecule has 0 spiro atoms. The topological polar surface area (TPSA) is 26.3 Å². The van der Waals surface area contributed by atoms with Gasteiger partial charge >= 0.3 is 0 Å². The summed E-state index contributed by atoms with van der Waals surface area (Å²) in [4.78, 5) is 10.8. The summed E-state index contributed by atoms with van der Waals surface area (Å²) in [6.45, 7) is 1.74. The van der Waals surface area contributed by atoms with Crippen LogP contribution in [0.3, 0.4) is 0 Å². The molecule has 1 aromatic carbocycles. The van der Waals surface area contributed by atoms with Crippen molar-refractivity contribution in [1.82, 2.24) is 0 Å². The van der Waals surface area contributed by atoms with Crippen LogP contribution in [0.1, 0.15) is 18.1 Å². The summed E-state index contributed by atoms with van der Waals surface area (Å²) in [7, 11) is 1.52. The predicted molar refractivity (Wildman–Crippen MR) is 51.5 cm³/mol. The van der Waals surface area contributed by atoms with Gasteiger partial charge in [0, 0.05) is 19.1 Å². The Morgan fingerprint density at radius 3 is 2.71 bits per heavy atom. The molecule has 0 aromatic heterocycles. The van der Waals surface area contributed by atoms with Crippen LogP contribution in [0, 0.1) is 5.82 Å². The third-order valence-electron chi connectivity index (χ3n) is 1.87. The van der Waals surface area contributed by atoms with Gasteiger partial charge in [-0.25, -0.2) is 4.39 Å². The third kappa shape index (κ3) is 2.92. The van der Waals surface area contributed by atoms with Crippen LogP contribution in [-0.2, 0) is 22.6 Å². The van der Waals surface area contributed by atoms with Crippen molar-refractivity contribution in [2.75, 3.05) is 7.11 Å². The van der Waals surface area contributed by atoms with Crippen molar-refractivity contribution in [3.63, 3.8) is 0 Å². The second kappa shape index (κ2) is 4.86. The van der Waals surface area contributed by atoms with Gasteiger partial charge in [-0.15, -0.1) is 0 Å². The molecule has 1 aromatic rings. The summed E-state index contributed by atoms with van der Waals surface area (Å²) in [6.07, 6.45) is 0.282. The first-order chi connectivity index (χ1) is 6.63. The number of benzene rings is 1. The maximum atomic E-state index is 13.3. The molecule has 0 heterocycles. The van der Waals surface area contributed by atoms with Crippen LogP contribution in [0.25, 0.3) is 0 Å². The van der Waals surface area contributed by atoms with E-state index in [1.165, 1.54) is 20.1 Å². The molecule has 0 N–H and O–H groups in total. The Morgan fingerprint density at radius 2 is 2.21 bits per heavy atom. The van der Waals surface area contributed by atoms with E-state index in [0.29, 0.717) is 11.1 Å². The fourth-order valence-electron chi connectivity index (χ4n) is 1.26. The van der Waals surface area contributed by atoms with Crippen LogP contribution in [0.15, 0.2) is 18.2 Å². The summed E-state index contributed by atoms with van der Waals surface area (Å²) >= 11 is 0. The first-order valence-electron chi connectivity index (χ1n) is 4.39. The number of halogens is 1. The normalized spacial score (nSPS) is 10.2. The van der Waals surface area contributed by atoms with E-state index in [1.807, 2.05) is 0 Å². The summed E-state index contributed by atoms with van der Waals surface area (Å²) < 4.78 is 18.1. The molecule has 0 fully saturated rings. The van der Waals surface area contributed by atoms with Crippen molar-refractivity contribution < 1.29 is 13.9 Å². The Morgan fingerprint density at radius 1 is 1.50 bits per heavy atom. The minimum absolute atomic E-state index is 0.0314. The van der Waals surface area contributed by atoms with Gasteiger partial charge in [0.05, 0.1) is 6.61 Å². The van der Waals surface area contributed by atoms with E-state index in [1.54, 1.807) is 12.1 Å². The largest absolute Gasteiger partial charge is 0.380 e. The average molecular weight is 196 g/mol. The van der Waals surface area contributed by atoms with Gasteiger partial charge in [0.25, 0.3) is 0 Å². The molecule has 0 saturated carbocycles. The predicted octanol–water partition coefficient (Wildman–Crippen LogP) is 2.10. The Labute approximate surface area is 82.7 Å². The molecule has 0 aliphatic carbocycles. The van der Waals surface area contributed by atoms with E-state index in [4.69, 9.17) is 4.74 Å². The van der Waals surface area contributed by atoms with E-state index >= 15 is 0 Å². The molecule has 76 valence electrons. The molecule has 0 unspecified atom stereocenters. The number of ketones is 1.